The number of benzene rings is 4. The van der Waals surface area contributed by atoms with E-state index in [0.717, 1.165) is 127 Å². The van der Waals surface area contributed by atoms with Gasteiger partial charge in [-0.2, -0.15) is 53.5 Å². The molecule has 1 saturated carbocycles. The number of halogens is 10. The van der Waals surface area contributed by atoms with E-state index in [-0.39, 0.29) is 41.6 Å². The van der Waals surface area contributed by atoms with Gasteiger partial charge in [0.25, 0.3) is 5.92 Å². The number of likely N-dealkylation sites (N-methyl/N-ethyl adjacent to an activating group) is 1. The highest BCUT2D eigenvalue weighted by molar-refractivity contribution is 6.34. The van der Waals surface area contributed by atoms with Gasteiger partial charge in [-0.1, -0.05) is 64.6 Å². The molecule has 8 aromatic heterocycles. The topological polar surface area (TPSA) is 408 Å². The third kappa shape index (κ3) is 27.2. The van der Waals surface area contributed by atoms with Gasteiger partial charge in [0.05, 0.1) is 35.4 Å². The van der Waals surface area contributed by atoms with Crippen LogP contribution in [0.5, 0.6) is 0 Å². The molecule has 1 aliphatic carbocycles. The summed E-state index contributed by atoms with van der Waals surface area (Å²) >= 11 is 25.6. The Morgan fingerprint density at radius 1 is 0.431 bits per heavy atom. The van der Waals surface area contributed by atoms with Crippen molar-refractivity contribution in [2.45, 2.75) is 220 Å². The summed E-state index contributed by atoms with van der Waals surface area (Å²) in [5.41, 5.74) is 21.1. The van der Waals surface area contributed by atoms with Crippen molar-refractivity contribution in [3.8, 4) is 0 Å². The molecule has 2 amide bonds. The first-order chi connectivity index (χ1) is 68.4. The lowest BCUT2D eigenvalue weighted by molar-refractivity contribution is -0.138. The van der Waals surface area contributed by atoms with Gasteiger partial charge >= 0.3 is 6.18 Å². The van der Waals surface area contributed by atoms with E-state index in [2.05, 4.69) is 191 Å². The lowest BCUT2D eigenvalue weighted by Crippen LogP contribution is -2.54. The molecule has 4 aromatic carbocycles. The van der Waals surface area contributed by atoms with E-state index in [1.165, 1.54) is 84.9 Å². The van der Waals surface area contributed by atoms with Gasteiger partial charge in [-0.15, -0.1) is 0 Å². The first-order valence-electron chi connectivity index (χ1n) is 48.5. The van der Waals surface area contributed by atoms with Crippen molar-refractivity contribution >= 4 is 151 Å². The number of piperidine rings is 4. The minimum atomic E-state index is -4.72. The number of nitrogens with one attached hydrogen (secondary N) is 13. The SMILES string of the molecule is CNC(C)(C)C(=O)N1CCC(c2cc(C)c(Nc3ncc(Cl)c(Nc4cc(C)[nH]n4)n3)cc2Cl)CC1.Cc1cc(Nc2nc(Nc3cc(C)c(C4CCN(C(=O)C(C)(C)N)CC4)cc3C)ncc2Cl)n[nH]1.Cc1cc(Nc2nc(Nc3cc(C)c(C4CCN(C5CCOCC5)CC4)cc3C)ncc2Cl)n[nH]1.Cc1cc(Nc2nc(Nc3cc(C)c(C4CCN(CC5CC5(F)F)CC4)cc3F)ncc2C(F)(F)F)n[nH]1. The molecule has 6 fully saturated rings. The second kappa shape index (κ2) is 45.7. The van der Waals surface area contributed by atoms with E-state index in [1.54, 1.807) is 39.2 Å². The Bertz CT molecular complexity index is 6510. The number of anilines is 16. The van der Waals surface area contributed by atoms with Crippen molar-refractivity contribution in [2.24, 2.45) is 11.7 Å². The van der Waals surface area contributed by atoms with Crippen molar-refractivity contribution in [1.82, 2.24) is 106 Å². The van der Waals surface area contributed by atoms with Crippen LogP contribution in [0.15, 0.2) is 97.6 Å². The summed E-state index contributed by atoms with van der Waals surface area (Å²) in [4.78, 5) is 68.2. The van der Waals surface area contributed by atoms with Crippen LogP contribution in [0.2, 0.25) is 20.1 Å². The van der Waals surface area contributed by atoms with Gasteiger partial charge < -0.3 is 77.9 Å². The minimum Gasteiger partial charge on any atom is -0.381 e. The molecule has 12 aromatic rings. The van der Waals surface area contributed by atoms with Gasteiger partial charge in [-0.3, -0.25) is 30.0 Å². The minimum absolute atomic E-state index is 0.0163. The van der Waals surface area contributed by atoms with Gasteiger partial charge in [0.2, 0.25) is 35.6 Å². The van der Waals surface area contributed by atoms with Crippen molar-refractivity contribution in [3.63, 3.8) is 0 Å². The van der Waals surface area contributed by atoms with Crippen LogP contribution in [-0.4, -0.2) is 214 Å². The Hall–Kier alpha value is -12.1. The number of ether oxygens (including phenoxy) is 1. The van der Waals surface area contributed by atoms with Crippen LogP contribution in [0.1, 0.15) is 206 Å². The van der Waals surface area contributed by atoms with Crippen LogP contribution in [0.3, 0.4) is 0 Å². The van der Waals surface area contributed by atoms with Crippen LogP contribution in [-0.2, 0) is 20.5 Å². The molecule has 5 aliphatic heterocycles. The number of carbonyl (C=O) groups is 2. The maximum atomic E-state index is 15.1. The lowest BCUT2D eigenvalue weighted by Gasteiger charge is -2.39. The average Bonchev–Trinajstić information content (AvgIpc) is 1.62. The molecular formula is C101H126Cl4F6N30O3. The Kier molecular flexibility index (Phi) is 33.7. The van der Waals surface area contributed by atoms with Gasteiger partial charge in [0.15, 0.2) is 40.7 Å². The summed E-state index contributed by atoms with van der Waals surface area (Å²) in [5.74, 6) is 1.93. The number of amides is 2. The number of aromatic nitrogens is 16. The number of alkyl halides is 5. The van der Waals surface area contributed by atoms with E-state index < -0.39 is 46.3 Å². The van der Waals surface area contributed by atoms with Crippen LogP contribution < -0.4 is 53.6 Å². The molecule has 0 radical (unpaired) electrons. The Labute approximate surface area is 853 Å². The largest absolute Gasteiger partial charge is 0.421 e. The van der Waals surface area contributed by atoms with E-state index in [1.807, 2.05) is 94.5 Å². The fraction of sp³-hybridized carbons (Fsp3) is 0.465. The summed E-state index contributed by atoms with van der Waals surface area (Å²) in [6.07, 6.45) is 10.4. The molecule has 6 aliphatic rings. The van der Waals surface area contributed by atoms with Gasteiger partial charge in [0.1, 0.15) is 32.3 Å². The number of hydrogen-bond donors (Lipinski definition) is 14. The van der Waals surface area contributed by atoms with E-state index in [0.29, 0.717) is 141 Å². The fourth-order valence-corrected chi connectivity index (χ4v) is 19.7. The highest BCUT2D eigenvalue weighted by Crippen LogP contribution is 2.50. The van der Waals surface area contributed by atoms with Crippen LogP contribution >= 0.6 is 46.4 Å². The third-order valence-electron chi connectivity index (χ3n) is 27.3. The zero-order valence-corrected chi connectivity index (χ0v) is 86.5. The van der Waals surface area contributed by atoms with Crippen LogP contribution in [0.4, 0.5) is 119 Å². The Balaban J connectivity index is 0.000000145. The lowest BCUT2D eigenvalue weighted by atomic mass is 9.85. The van der Waals surface area contributed by atoms with Crippen molar-refractivity contribution < 1.29 is 40.7 Å². The summed E-state index contributed by atoms with van der Waals surface area (Å²) in [5, 5.41) is 57.2. The van der Waals surface area contributed by atoms with Gasteiger partial charge in [0, 0.05) is 140 Å². The van der Waals surface area contributed by atoms with Crippen molar-refractivity contribution in [3.05, 3.63) is 207 Å². The van der Waals surface area contributed by atoms with E-state index in [9.17, 15) is 31.5 Å². The molecule has 5 saturated heterocycles. The molecule has 0 spiro atoms. The molecule has 144 heavy (non-hydrogen) atoms. The molecule has 15 N–H and O–H groups in total. The highest BCUT2D eigenvalue weighted by Gasteiger charge is 2.57. The van der Waals surface area contributed by atoms with Crippen LogP contribution in [0.25, 0.3) is 0 Å². The number of rotatable bonds is 26. The molecule has 18 rings (SSSR count). The number of hydrogen-bond acceptors (Lipinski definition) is 27. The predicted octanol–water partition coefficient (Wildman–Crippen LogP) is 21.9. The zero-order chi connectivity index (χ0) is 103. The molecule has 43 heteroatoms. The molecule has 0 bridgehead atoms. The summed E-state index contributed by atoms with van der Waals surface area (Å²) in [7, 11) is 1.81. The summed E-state index contributed by atoms with van der Waals surface area (Å²) < 4.78 is 87.7. The van der Waals surface area contributed by atoms with E-state index >= 15 is 4.39 Å². The normalized spacial score (nSPS) is 16.9. The fourth-order valence-electron chi connectivity index (χ4n) is 18.9. The zero-order valence-electron chi connectivity index (χ0n) is 83.5. The highest BCUT2D eigenvalue weighted by atomic mass is 35.5. The molecule has 33 nitrogen and oxygen atoms in total. The van der Waals surface area contributed by atoms with Crippen LogP contribution in [0, 0.1) is 81.0 Å². The molecule has 1 atom stereocenters. The van der Waals surface area contributed by atoms with Crippen molar-refractivity contribution in [2.75, 3.05) is 122 Å². The number of aryl methyl sites for hydroxylation is 10. The maximum absolute atomic E-state index is 15.1. The van der Waals surface area contributed by atoms with Gasteiger partial charge in [-0.25, -0.2) is 33.1 Å². The molecule has 768 valence electrons. The summed E-state index contributed by atoms with van der Waals surface area (Å²) in [6.45, 7) is 36.0. The number of H-pyrrole nitrogens is 4. The molecular weight excluding hydrogens is 1940 g/mol. The Morgan fingerprint density at radius 2 is 0.771 bits per heavy atom. The Morgan fingerprint density at radius 3 is 1.15 bits per heavy atom. The molecule has 1 unspecified atom stereocenters. The van der Waals surface area contributed by atoms with Gasteiger partial charge in [-0.05, 0) is 304 Å². The quantitative estimate of drug-likeness (QED) is 0.0224. The maximum Gasteiger partial charge on any atom is 0.421 e. The van der Waals surface area contributed by atoms with Crippen molar-refractivity contribution in [1.29, 1.82) is 0 Å². The first-order valence-corrected chi connectivity index (χ1v) is 50.0. The third-order valence-corrected chi connectivity index (χ3v) is 28.5. The summed E-state index contributed by atoms with van der Waals surface area (Å²) in [6, 6.07) is 23.8. The first kappa shape index (κ1) is 106. The molecule has 13 heterocycles. The number of likely N-dealkylation sites (tertiary alicyclic amines) is 4. The smallest absolute Gasteiger partial charge is 0.381 e. The predicted molar refractivity (Wildman–Crippen MR) is 554 cm³/mol. The second-order valence-electron chi connectivity index (χ2n) is 39.4. The monoisotopic (exact) mass is 2060 g/mol. The number of nitrogens with two attached hydrogens (primary N) is 1. The average molecular weight is 2060 g/mol. The number of carbonyl (C=O) groups excluding carboxylic acids is 2. The number of aromatic amines is 4. The standard InChI is InChI=1S/C26H34ClN7O.C25H32Cl2N8O.C25H33ClN8O.C25H27F6N7/c1-16-13-23(29-26-28-15-22(27)25(31-26)30-24-14-18(3)32-33-24)17(2)12-21(16)19-4-8-34(9-5-19)20-6-10-35-11-7-20;1-14-10-17(16-6-8-35(9-7-16)23(36)25(3,4)28-5)18(26)12-20(14)30-24-29-13-19(27)22(32-24)31-21-11-15(2)33-34-21;1-14-11-20(29-24-28-13-19(26)22(31-24)30-21-12-16(3)32-33-21)15(2)10-18(14)17-6-8-34(9-7-17)23(35)25(4,5)27;1-13-7-20(19(26)9-17(13)15-3-5-38(6-4-15)12-16-10-24(16,27)28)33-23-32-11-18(25(29,30)31)22(35-23)34-21-8-14(2)36-37-21/h12-15,19-20H,4-11H2,1-3H3,(H3,28,29,30,31,32,33);10-13,16,28H,6-9H2,1-5H3,(H3,29,30,31,32,33,34);10-13,17H,6-9,27H2,1-5H3,(H3,28,29,30,31,32,33);7-9,11,15-16H,3-6,10,12H2,1-2H3,(H3,32,33,34,35,36,37). The van der Waals surface area contributed by atoms with E-state index in [4.69, 9.17) is 56.9 Å². The number of nitrogens with zero attached hydrogens (tertiary/aromatic N) is 16. The second-order valence-corrected chi connectivity index (χ2v) is 41.0.